The molecule has 1 aliphatic heterocycles. The Bertz CT molecular complexity index is 597. The molecule has 0 bridgehead atoms. The van der Waals surface area contributed by atoms with Gasteiger partial charge in [-0.1, -0.05) is 6.07 Å². The van der Waals surface area contributed by atoms with Crippen molar-refractivity contribution >= 4 is 23.5 Å². The molecule has 2 rings (SSSR count). The molecule has 1 heterocycles. The first-order valence-corrected chi connectivity index (χ1v) is 6.36. The first-order chi connectivity index (χ1) is 9.95. The van der Waals surface area contributed by atoms with Crippen molar-refractivity contribution in [3.63, 3.8) is 0 Å². The van der Waals surface area contributed by atoms with Gasteiger partial charge >= 0.3 is 11.9 Å². The van der Waals surface area contributed by atoms with Crippen LogP contribution in [0.4, 0.5) is 5.69 Å². The van der Waals surface area contributed by atoms with Crippen molar-refractivity contribution in [1.82, 2.24) is 0 Å². The van der Waals surface area contributed by atoms with Crippen LogP contribution in [0.5, 0.6) is 5.75 Å². The summed E-state index contributed by atoms with van der Waals surface area (Å²) in [5.41, 5.74) is 0.778. The van der Waals surface area contributed by atoms with Crippen LogP contribution in [0.3, 0.4) is 0 Å². The van der Waals surface area contributed by atoms with Gasteiger partial charge < -0.3 is 19.5 Å². The zero-order valence-electron chi connectivity index (χ0n) is 11.7. The summed E-state index contributed by atoms with van der Waals surface area (Å²) < 4.78 is 10.1. The summed E-state index contributed by atoms with van der Waals surface area (Å²) >= 11 is 0. The second-order valence-electron chi connectivity index (χ2n) is 4.49. The third-order valence-electron chi connectivity index (χ3n) is 2.95. The molecule has 0 aliphatic carbocycles. The summed E-state index contributed by atoms with van der Waals surface area (Å²) in [6.07, 6.45) is -1.17. The van der Waals surface area contributed by atoms with E-state index in [4.69, 9.17) is 14.6 Å². The van der Waals surface area contributed by atoms with Gasteiger partial charge in [-0.05, 0) is 12.1 Å². The van der Waals surface area contributed by atoms with E-state index in [9.17, 15) is 14.4 Å². The van der Waals surface area contributed by atoms with Crippen molar-refractivity contribution in [1.29, 1.82) is 0 Å². The lowest BCUT2D eigenvalue weighted by Crippen LogP contribution is -2.32. The van der Waals surface area contributed by atoms with Gasteiger partial charge in [0.2, 0.25) is 6.10 Å². The highest BCUT2D eigenvalue weighted by Crippen LogP contribution is 2.43. The van der Waals surface area contributed by atoms with E-state index in [1.807, 2.05) is 0 Å². The Morgan fingerprint density at radius 1 is 1.29 bits per heavy atom. The number of nitrogens with zero attached hydrogens (tertiary/aromatic N) is 1. The van der Waals surface area contributed by atoms with E-state index in [0.717, 1.165) is 0 Å². The van der Waals surface area contributed by atoms with Gasteiger partial charge in [0.15, 0.2) is 0 Å². The zero-order chi connectivity index (χ0) is 15.6. The van der Waals surface area contributed by atoms with Gasteiger partial charge in [-0.25, -0.2) is 0 Å². The molecule has 0 spiro atoms. The van der Waals surface area contributed by atoms with Crippen LogP contribution < -0.4 is 9.64 Å². The topological polar surface area (TPSA) is 93.1 Å². The minimum Gasteiger partial charge on any atom is -0.447 e. The molecule has 1 aromatic carbocycles. The minimum atomic E-state index is -1.17. The Hall–Kier alpha value is -2.41. The normalized spacial score (nSPS) is 16.6. The number of benzene rings is 1. The van der Waals surface area contributed by atoms with Crippen LogP contribution in [0.15, 0.2) is 18.2 Å². The number of hydrogen-bond acceptors (Lipinski definition) is 6. The number of fused-ring (bicyclic) bond motifs is 1. The van der Waals surface area contributed by atoms with Gasteiger partial charge in [0.1, 0.15) is 5.75 Å². The molecule has 7 nitrogen and oxygen atoms in total. The van der Waals surface area contributed by atoms with Crippen molar-refractivity contribution in [3.8, 4) is 5.75 Å². The number of carbonyl (C=O) groups excluding carboxylic acids is 3. The summed E-state index contributed by atoms with van der Waals surface area (Å²) in [4.78, 5) is 36.0. The maximum Gasteiger partial charge on any atom is 0.308 e. The van der Waals surface area contributed by atoms with Crippen LogP contribution in [0, 0.1) is 0 Å². The van der Waals surface area contributed by atoms with Crippen LogP contribution in [0.1, 0.15) is 25.5 Å². The number of esters is 2. The highest BCUT2D eigenvalue weighted by atomic mass is 16.6. The number of aliphatic hydroxyl groups is 1. The molecule has 112 valence electrons. The number of rotatable bonds is 4. The third-order valence-corrected chi connectivity index (χ3v) is 2.95. The average molecular weight is 293 g/mol. The molecule has 0 aromatic heterocycles. The quantitative estimate of drug-likeness (QED) is 0.644. The minimum absolute atomic E-state index is 0.0626. The largest absolute Gasteiger partial charge is 0.447 e. The van der Waals surface area contributed by atoms with Crippen molar-refractivity contribution < 1.29 is 29.0 Å². The molecule has 0 radical (unpaired) electrons. The first kappa shape index (κ1) is 15.0. The lowest BCUT2D eigenvalue weighted by atomic mass is 10.1. The lowest BCUT2D eigenvalue weighted by Gasteiger charge is -2.15. The van der Waals surface area contributed by atoms with E-state index >= 15 is 0 Å². The number of amides is 1. The Morgan fingerprint density at radius 2 is 2.00 bits per heavy atom. The maximum atomic E-state index is 12.3. The fourth-order valence-electron chi connectivity index (χ4n) is 2.26. The summed E-state index contributed by atoms with van der Waals surface area (Å²) in [5.74, 6) is -1.48. The van der Waals surface area contributed by atoms with Crippen molar-refractivity contribution in [3.05, 3.63) is 23.8 Å². The molecule has 1 N–H and O–H groups in total. The maximum absolute atomic E-state index is 12.3. The molecule has 0 saturated heterocycles. The zero-order valence-corrected chi connectivity index (χ0v) is 11.7. The number of hydrogen-bond donors (Lipinski definition) is 1. The average Bonchev–Trinajstić information content (AvgIpc) is 2.65. The second-order valence-corrected chi connectivity index (χ2v) is 4.49. The van der Waals surface area contributed by atoms with Gasteiger partial charge in [-0.15, -0.1) is 0 Å². The van der Waals surface area contributed by atoms with Gasteiger partial charge in [-0.2, -0.15) is 0 Å². The predicted octanol–water partition coefficient (Wildman–Crippen LogP) is 0.555. The molecule has 0 saturated carbocycles. The molecule has 1 aliphatic rings. The van der Waals surface area contributed by atoms with E-state index in [-0.39, 0.29) is 18.9 Å². The second kappa shape index (κ2) is 5.92. The SMILES string of the molecule is CC(=O)Oc1cccc2c1C(OC(C)=O)C(=O)N2CCO. The van der Waals surface area contributed by atoms with Crippen LogP contribution in [-0.2, 0) is 19.1 Å². The molecule has 0 fully saturated rings. The summed E-state index contributed by atoms with van der Waals surface area (Å²) in [6, 6.07) is 4.77. The standard InChI is InChI=1S/C14H15NO6/c1-8(17)20-11-5-3-4-10-12(11)13(21-9(2)18)14(19)15(10)6-7-16/h3-5,13,16H,6-7H2,1-2H3. The molecule has 1 aromatic rings. The summed E-state index contributed by atoms with van der Waals surface area (Å²) in [5, 5.41) is 9.07. The van der Waals surface area contributed by atoms with E-state index in [1.165, 1.54) is 24.8 Å². The number of anilines is 1. The van der Waals surface area contributed by atoms with Crippen molar-refractivity contribution in [2.75, 3.05) is 18.1 Å². The molecular weight excluding hydrogens is 278 g/mol. The summed E-state index contributed by atoms with van der Waals surface area (Å²) in [7, 11) is 0. The predicted molar refractivity (Wildman–Crippen MR) is 71.7 cm³/mol. The number of β-amino-alcohol motifs (C(OH)–C–C–N with tert-alkyl or cyclic N) is 1. The van der Waals surface area contributed by atoms with E-state index < -0.39 is 23.9 Å². The highest BCUT2D eigenvalue weighted by Gasteiger charge is 2.42. The highest BCUT2D eigenvalue weighted by molar-refractivity contribution is 6.05. The monoisotopic (exact) mass is 293 g/mol. The van der Waals surface area contributed by atoms with Gasteiger partial charge in [0, 0.05) is 20.4 Å². The molecule has 1 amide bonds. The van der Waals surface area contributed by atoms with Crippen LogP contribution in [0.25, 0.3) is 0 Å². The van der Waals surface area contributed by atoms with E-state index in [0.29, 0.717) is 11.3 Å². The first-order valence-electron chi connectivity index (χ1n) is 6.36. The third kappa shape index (κ3) is 2.87. The number of aliphatic hydroxyl groups excluding tert-OH is 1. The van der Waals surface area contributed by atoms with Crippen LogP contribution in [-0.4, -0.2) is 36.1 Å². The fourth-order valence-corrected chi connectivity index (χ4v) is 2.26. The van der Waals surface area contributed by atoms with Crippen molar-refractivity contribution in [2.24, 2.45) is 0 Å². The molecular formula is C14H15NO6. The van der Waals surface area contributed by atoms with Gasteiger partial charge in [0.25, 0.3) is 5.91 Å². The van der Waals surface area contributed by atoms with Crippen LogP contribution >= 0.6 is 0 Å². The lowest BCUT2D eigenvalue weighted by molar-refractivity contribution is -0.152. The van der Waals surface area contributed by atoms with Gasteiger partial charge in [-0.3, -0.25) is 14.4 Å². The molecule has 7 heteroatoms. The number of carbonyl (C=O) groups is 3. The summed E-state index contributed by atoms with van der Waals surface area (Å²) in [6.45, 7) is 2.25. The Kier molecular flexibility index (Phi) is 4.23. The van der Waals surface area contributed by atoms with Crippen LogP contribution in [0.2, 0.25) is 0 Å². The van der Waals surface area contributed by atoms with E-state index in [1.54, 1.807) is 12.1 Å². The smallest absolute Gasteiger partial charge is 0.308 e. The Morgan fingerprint density at radius 3 is 2.57 bits per heavy atom. The van der Waals surface area contributed by atoms with Crippen molar-refractivity contribution in [2.45, 2.75) is 20.0 Å². The van der Waals surface area contributed by atoms with Gasteiger partial charge in [0.05, 0.1) is 17.9 Å². The van der Waals surface area contributed by atoms with E-state index in [2.05, 4.69) is 0 Å². The fraction of sp³-hybridized carbons (Fsp3) is 0.357. The Labute approximate surface area is 121 Å². The molecule has 21 heavy (non-hydrogen) atoms. The molecule has 1 unspecified atom stereocenters. The Balaban J connectivity index is 2.51. The number of ether oxygens (including phenoxy) is 2. The molecule has 1 atom stereocenters.